The largest absolute Gasteiger partial charge is 0.393 e. The van der Waals surface area contributed by atoms with Gasteiger partial charge in [0, 0.05) is 11.3 Å². The van der Waals surface area contributed by atoms with Crippen LogP contribution in [-0.4, -0.2) is 38.7 Å². The van der Waals surface area contributed by atoms with Crippen molar-refractivity contribution >= 4 is 23.2 Å². The fraction of sp³-hybridized carbons (Fsp3) is 0.688. The molecule has 1 aliphatic rings. The minimum absolute atomic E-state index is 0.108. The Morgan fingerprint density at radius 3 is 2.54 bits per heavy atom. The van der Waals surface area contributed by atoms with Crippen molar-refractivity contribution in [2.45, 2.75) is 56.7 Å². The third-order valence-corrected chi connectivity index (χ3v) is 5.61. The van der Waals surface area contributed by atoms with Crippen molar-refractivity contribution < 1.29 is 19.8 Å². The van der Waals surface area contributed by atoms with Crippen LogP contribution in [0.15, 0.2) is 10.9 Å². The molecule has 6 N–H and O–H groups in total. The summed E-state index contributed by atoms with van der Waals surface area (Å²) >= 11 is 1.49. The van der Waals surface area contributed by atoms with Gasteiger partial charge < -0.3 is 21.7 Å². The zero-order valence-electron chi connectivity index (χ0n) is 13.6. The predicted molar refractivity (Wildman–Crippen MR) is 89.8 cm³/mol. The van der Waals surface area contributed by atoms with Crippen LogP contribution in [0, 0.1) is 11.8 Å². The first-order chi connectivity index (χ1) is 11.3. The first kappa shape index (κ1) is 18.8. The van der Waals surface area contributed by atoms with Crippen LogP contribution in [0.4, 0.5) is 0 Å². The lowest BCUT2D eigenvalue weighted by molar-refractivity contribution is -0.140. The Balaban J connectivity index is 1.93. The molecule has 0 bridgehead atoms. The van der Waals surface area contributed by atoms with Crippen molar-refractivity contribution in [1.82, 2.24) is 4.98 Å². The number of hydrogen-bond donors (Lipinski definition) is 4. The van der Waals surface area contributed by atoms with E-state index in [-0.39, 0.29) is 31.1 Å². The SMILES string of the molecule is NC(=O)C1CCC(O)(C(CC(O)CCc2cscn2)C(N)=O)CC1. The van der Waals surface area contributed by atoms with E-state index in [1.165, 1.54) is 11.3 Å². The molecular formula is C16H25N3O4S. The van der Waals surface area contributed by atoms with E-state index in [1.54, 1.807) is 5.51 Å². The van der Waals surface area contributed by atoms with Gasteiger partial charge in [-0.1, -0.05) is 0 Å². The summed E-state index contributed by atoms with van der Waals surface area (Å²) in [4.78, 5) is 27.2. The summed E-state index contributed by atoms with van der Waals surface area (Å²) in [5.41, 5.74) is 12.1. The smallest absolute Gasteiger partial charge is 0.223 e. The Labute approximate surface area is 145 Å². The number of primary amides is 2. The number of amides is 2. The summed E-state index contributed by atoms with van der Waals surface area (Å²) in [5.74, 6) is -2.11. The molecule has 2 unspecified atom stereocenters. The summed E-state index contributed by atoms with van der Waals surface area (Å²) in [5, 5.41) is 23.0. The number of nitrogens with two attached hydrogens (primary N) is 2. The van der Waals surface area contributed by atoms with Crippen molar-refractivity contribution in [3.63, 3.8) is 0 Å². The highest BCUT2D eigenvalue weighted by molar-refractivity contribution is 7.07. The van der Waals surface area contributed by atoms with Gasteiger partial charge in [-0.05, 0) is 44.9 Å². The van der Waals surface area contributed by atoms with Gasteiger partial charge in [-0.15, -0.1) is 11.3 Å². The highest BCUT2D eigenvalue weighted by atomic mass is 32.1. The van der Waals surface area contributed by atoms with Crippen LogP contribution in [-0.2, 0) is 16.0 Å². The lowest BCUT2D eigenvalue weighted by atomic mass is 9.70. The minimum Gasteiger partial charge on any atom is -0.393 e. The molecule has 0 aliphatic heterocycles. The fourth-order valence-electron chi connectivity index (χ4n) is 3.42. The van der Waals surface area contributed by atoms with Gasteiger partial charge in [0.15, 0.2) is 0 Å². The zero-order chi connectivity index (χ0) is 17.7. The van der Waals surface area contributed by atoms with E-state index >= 15 is 0 Å². The van der Waals surface area contributed by atoms with E-state index in [0.29, 0.717) is 25.7 Å². The topological polar surface area (TPSA) is 140 Å². The Morgan fingerprint density at radius 2 is 2.04 bits per heavy atom. The quantitative estimate of drug-likeness (QED) is 0.532. The fourth-order valence-corrected chi connectivity index (χ4v) is 4.01. The van der Waals surface area contributed by atoms with Crippen molar-refractivity contribution in [1.29, 1.82) is 0 Å². The Hall–Kier alpha value is -1.51. The van der Waals surface area contributed by atoms with Crippen molar-refractivity contribution in [2.75, 3.05) is 0 Å². The van der Waals surface area contributed by atoms with Gasteiger partial charge >= 0.3 is 0 Å². The monoisotopic (exact) mass is 355 g/mol. The number of rotatable bonds is 8. The van der Waals surface area contributed by atoms with E-state index in [0.717, 1.165) is 5.69 Å². The number of aromatic nitrogens is 1. The molecule has 1 fully saturated rings. The van der Waals surface area contributed by atoms with E-state index in [4.69, 9.17) is 11.5 Å². The molecule has 1 aliphatic carbocycles. The second-order valence-corrected chi connectivity index (χ2v) is 7.36. The number of hydrogen-bond acceptors (Lipinski definition) is 6. The van der Waals surface area contributed by atoms with Gasteiger partial charge in [0.05, 0.1) is 28.8 Å². The van der Waals surface area contributed by atoms with Crippen LogP contribution in [0.2, 0.25) is 0 Å². The Bertz CT molecular complexity index is 556. The molecule has 1 saturated carbocycles. The molecule has 0 radical (unpaired) electrons. The maximum absolute atomic E-state index is 11.8. The molecule has 0 aromatic carbocycles. The number of aliphatic hydroxyl groups excluding tert-OH is 1. The second-order valence-electron chi connectivity index (χ2n) is 6.64. The average molecular weight is 355 g/mol. The van der Waals surface area contributed by atoms with Gasteiger partial charge in [0.1, 0.15) is 0 Å². The van der Waals surface area contributed by atoms with Gasteiger partial charge in [0.25, 0.3) is 0 Å². The molecule has 1 aromatic rings. The van der Waals surface area contributed by atoms with E-state index in [1.807, 2.05) is 5.38 Å². The normalized spacial score (nSPS) is 26.7. The minimum atomic E-state index is -1.28. The van der Waals surface area contributed by atoms with E-state index in [2.05, 4.69) is 4.98 Å². The maximum atomic E-state index is 11.8. The number of aryl methyl sites for hydroxylation is 1. The molecule has 134 valence electrons. The lowest BCUT2D eigenvalue weighted by Gasteiger charge is -2.40. The Morgan fingerprint density at radius 1 is 1.38 bits per heavy atom. The predicted octanol–water partition coefficient (Wildman–Crippen LogP) is 0.335. The highest BCUT2D eigenvalue weighted by Crippen LogP contribution is 2.39. The van der Waals surface area contributed by atoms with Crippen LogP contribution in [0.1, 0.15) is 44.2 Å². The first-order valence-corrected chi connectivity index (χ1v) is 9.12. The van der Waals surface area contributed by atoms with Crippen LogP contribution in [0.5, 0.6) is 0 Å². The van der Waals surface area contributed by atoms with Crippen molar-refractivity contribution in [3.05, 3.63) is 16.6 Å². The lowest BCUT2D eigenvalue weighted by Crippen LogP contribution is -2.49. The molecule has 0 spiro atoms. The summed E-state index contributed by atoms with van der Waals surface area (Å²) in [6, 6.07) is 0. The summed E-state index contributed by atoms with van der Waals surface area (Å²) in [6.07, 6.45) is 1.86. The van der Waals surface area contributed by atoms with Gasteiger partial charge in [-0.2, -0.15) is 0 Å². The molecule has 0 saturated heterocycles. The molecule has 1 aromatic heterocycles. The number of aliphatic hydroxyl groups is 2. The molecule has 8 heteroatoms. The molecule has 7 nitrogen and oxygen atoms in total. The van der Waals surface area contributed by atoms with Crippen molar-refractivity contribution in [2.24, 2.45) is 23.3 Å². The molecule has 2 amide bonds. The average Bonchev–Trinajstić information content (AvgIpc) is 3.04. The number of thiazole rings is 1. The van der Waals surface area contributed by atoms with Gasteiger partial charge in [0.2, 0.25) is 11.8 Å². The van der Waals surface area contributed by atoms with Crippen LogP contribution >= 0.6 is 11.3 Å². The number of carbonyl (C=O) groups is 2. The number of nitrogens with zero attached hydrogens (tertiary/aromatic N) is 1. The summed E-state index contributed by atoms with van der Waals surface area (Å²) in [6.45, 7) is 0. The summed E-state index contributed by atoms with van der Waals surface area (Å²) in [7, 11) is 0. The van der Waals surface area contributed by atoms with Gasteiger partial charge in [-0.25, -0.2) is 4.98 Å². The molecule has 2 rings (SSSR count). The summed E-state index contributed by atoms with van der Waals surface area (Å²) < 4.78 is 0. The molecular weight excluding hydrogens is 330 g/mol. The van der Waals surface area contributed by atoms with Crippen LogP contribution < -0.4 is 11.5 Å². The standard InChI is InChI=1S/C16H25N3O4S/c17-14(21)10-3-5-16(23,6-4-10)13(15(18)22)7-12(20)2-1-11-8-24-9-19-11/h8-10,12-13,20,23H,1-7H2,(H2,17,21)(H2,18,22). The third-order valence-electron chi connectivity index (χ3n) is 4.97. The molecule has 24 heavy (non-hydrogen) atoms. The van der Waals surface area contributed by atoms with E-state index in [9.17, 15) is 19.8 Å². The first-order valence-electron chi connectivity index (χ1n) is 8.18. The molecule has 1 heterocycles. The van der Waals surface area contributed by atoms with Crippen molar-refractivity contribution in [3.8, 4) is 0 Å². The highest BCUT2D eigenvalue weighted by Gasteiger charge is 2.44. The van der Waals surface area contributed by atoms with Crippen LogP contribution in [0.25, 0.3) is 0 Å². The van der Waals surface area contributed by atoms with Gasteiger partial charge in [-0.3, -0.25) is 9.59 Å². The third kappa shape index (κ3) is 4.75. The van der Waals surface area contributed by atoms with E-state index < -0.39 is 23.5 Å². The van der Waals surface area contributed by atoms with Crippen LogP contribution in [0.3, 0.4) is 0 Å². The Kier molecular flexibility index (Phi) is 6.31. The molecule has 2 atom stereocenters. The number of carbonyl (C=O) groups excluding carboxylic acids is 2. The maximum Gasteiger partial charge on any atom is 0.223 e. The second kappa shape index (κ2) is 8.04. The zero-order valence-corrected chi connectivity index (χ0v) is 14.4.